The van der Waals surface area contributed by atoms with Crippen LogP contribution in [0.2, 0.25) is 0 Å². The third kappa shape index (κ3) is 4.81. The van der Waals surface area contributed by atoms with Crippen LogP contribution in [0.15, 0.2) is 95.1 Å². The van der Waals surface area contributed by atoms with Crippen LogP contribution in [-0.2, 0) is 0 Å². The Kier molecular flexibility index (Phi) is 5.35. The van der Waals surface area contributed by atoms with Gasteiger partial charge in [0.1, 0.15) is 0 Å². The molecule has 4 nitrogen and oxygen atoms in total. The molecule has 0 atom stereocenters. The van der Waals surface area contributed by atoms with Gasteiger partial charge >= 0.3 is 0 Å². The van der Waals surface area contributed by atoms with Crippen LogP contribution in [0.3, 0.4) is 0 Å². The Morgan fingerprint density at radius 2 is 0.875 bits per heavy atom. The first-order valence-electron chi connectivity index (χ1n) is 7.68. The van der Waals surface area contributed by atoms with E-state index in [9.17, 15) is 0 Å². The fourth-order valence-corrected chi connectivity index (χ4v) is 2.06. The Morgan fingerprint density at radius 1 is 0.500 bits per heavy atom. The highest BCUT2D eigenvalue weighted by Crippen LogP contribution is 2.06. The molecule has 3 rings (SSSR count). The molecule has 118 valence electrons. The number of nitrogens with zero attached hydrogens (tertiary/aromatic N) is 2. The van der Waals surface area contributed by atoms with E-state index in [0.29, 0.717) is 0 Å². The zero-order valence-electron chi connectivity index (χ0n) is 13.1. The predicted octanol–water partition coefficient (Wildman–Crippen LogP) is 4.58. The molecule has 3 aromatic rings. The van der Waals surface area contributed by atoms with Crippen molar-refractivity contribution in [3.8, 4) is 0 Å². The molecule has 0 fully saturated rings. The average Bonchev–Trinajstić information content (AvgIpc) is 2.65. The first-order chi connectivity index (χ1) is 11.9. The molecule has 0 amide bonds. The number of rotatable bonds is 6. The third-order valence-corrected chi connectivity index (χ3v) is 3.30. The van der Waals surface area contributed by atoms with Crippen molar-refractivity contribution in [1.29, 1.82) is 0 Å². The largest absolute Gasteiger partial charge is 0.279 e. The van der Waals surface area contributed by atoms with Gasteiger partial charge in [-0.25, -0.2) is 0 Å². The molecule has 24 heavy (non-hydrogen) atoms. The molecule has 0 aromatic heterocycles. The summed E-state index contributed by atoms with van der Waals surface area (Å²) in [5.41, 5.74) is 9.95. The van der Waals surface area contributed by atoms with Gasteiger partial charge in [-0.1, -0.05) is 60.7 Å². The molecular formula is C20H18N4. The van der Waals surface area contributed by atoms with E-state index in [1.165, 1.54) is 0 Å². The maximum absolute atomic E-state index is 4.22. The van der Waals surface area contributed by atoms with Gasteiger partial charge in [-0.2, -0.15) is 10.2 Å². The van der Waals surface area contributed by atoms with Crippen molar-refractivity contribution < 1.29 is 0 Å². The van der Waals surface area contributed by atoms with Crippen LogP contribution >= 0.6 is 0 Å². The lowest BCUT2D eigenvalue weighted by atomic mass is 10.2. The van der Waals surface area contributed by atoms with E-state index in [2.05, 4.69) is 21.1 Å². The summed E-state index contributed by atoms with van der Waals surface area (Å²) in [6.07, 6.45) is 3.58. The van der Waals surface area contributed by atoms with Gasteiger partial charge in [0.05, 0.1) is 23.8 Å². The van der Waals surface area contributed by atoms with Crippen LogP contribution in [0.1, 0.15) is 11.1 Å². The number of hydrazone groups is 2. The molecule has 0 saturated heterocycles. The van der Waals surface area contributed by atoms with E-state index in [0.717, 1.165) is 22.5 Å². The summed E-state index contributed by atoms with van der Waals surface area (Å²) in [5.74, 6) is 0. The topological polar surface area (TPSA) is 48.8 Å². The van der Waals surface area contributed by atoms with E-state index >= 15 is 0 Å². The van der Waals surface area contributed by atoms with Gasteiger partial charge in [-0.15, -0.1) is 0 Å². The molecule has 0 aliphatic carbocycles. The number of benzene rings is 3. The molecule has 3 aromatic carbocycles. The van der Waals surface area contributed by atoms with Crippen LogP contribution in [0.5, 0.6) is 0 Å². The predicted molar refractivity (Wildman–Crippen MR) is 102 cm³/mol. The fraction of sp³-hybridized carbons (Fsp3) is 0. The first kappa shape index (κ1) is 15.5. The summed E-state index contributed by atoms with van der Waals surface area (Å²) in [5, 5.41) is 8.44. The minimum absolute atomic E-state index is 0.962. The van der Waals surface area contributed by atoms with E-state index < -0.39 is 0 Å². The highest BCUT2D eigenvalue weighted by atomic mass is 15.3. The maximum Gasteiger partial charge on any atom is 0.0561 e. The highest BCUT2D eigenvalue weighted by molar-refractivity contribution is 5.84. The van der Waals surface area contributed by atoms with Gasteiger partial charge < -0.3 is 0 Å². The number of para-hydroxylation sites is 2. The second-order valence-corrected chi connectivity index (χ2v) is 5.14. The quantitative estimate of drug-likeness (QED) is 0.517. The van der Waals surface area contributed by atoms with E-state index in [1.54, 1.807) is 12.4 Å². The Morgan fingerprint density at radius 3 is 1.25 bits per heavy atom. The van der Waals surface area contributed by atoms with E-state index in [4.69, 9.17) is 0 Å². The van der Waals surface area contributed by atoms with Gasteiger partial charge in [-0.05, 0) is 35.4 Å². The van der Waals surface area contributed by atoms with Crippen LogP contribution in [-0.4, -0.2) is 12.4 Å². The zero-order chi connectivity index (χ0) is 16.5. The average molecular weight is 314 g/mol. The molecule has 2 N–H and O–H groups in total. The first-order valence-corrected chi connectivity index (χ1v) is 7.68. The lowest BCUT2D eigenvalue weighted by molar-refractivity contribution is 1.34. The molecule has 0 bridgehead atoms. The molecule has 0 spiro atoms. The van der Waals surface area contributed by atoms with Crippen LogP contribution in [0.4, 0.5) is 11.4 Å². The van der Waals surface area contributed by atoms with Gasteiger partial charge in [0, 0.05) is 0 Å². The van der Waals surface area contributed by atoms with Crippen LogP contribution in [0.25, 0.3) is 0 Å². The molecule has 0 radical (unpaired) electrons. The summed E-state index contributed by atoms with van der Waals surface area (Å²) in [6.45, 7) is 0. The number of nitrogens with one attached hydrogen (secondary N) is 2. The standard InChI is InChI=1S/C20H18N4/c1-3-7-19(8-4-1)23-21-15-17-11-13-18(14-12-17)16-22-24-20-9-5-2-6-10-20/h1-16,23-24H/b21-15-,22-16-. The molecule has 0 aliphatic heterocycles. The van der Waals surface area contributed by atoms with Gasteiger partial charge in [0.15, 0.2) is 0 Å². The smallest absolute Gasteiger partial charge is 0.0561 e. The molecule has 0 unspecified atom stereocenters. The van der Waals surface area contributed by atoms with E-state index in [1.807, 2.05) is 84.9 Å². The van der Waals surface area contributed by atoms with Crippen molar-refractivity contribution in [2.75, 3.05) is 10.9 Å². The molecule has 0 saturated carbocycles. The van der Waals surface area contributed by atoms with Crippen LogP contribution < -0.4 is 10.9 Å². The summed E-state index contributed by atoms with van der Waals surface area (Å²) in [6, 6.07) is 27.7. The van der Waals surface area contributed by atoms with Crippen molar-refractivity contribution in [3.63, 3.8) is 0 Å². The van der Waals surface area contributed by atoms with Crippen molar-refractivity contribution in [1.82, 2.24) is 0 Å². The van der Waals surface area contributed by atoms with Crippen molar-refractivity contribution in [2.45, 2.75) is 0 Å². The van der Waals surface area contributed by atoms with Gasteiger partial charge in [0.2, 0.25) is 0 Å². The van der Waals surface area contributed by atoms with Crippen molar-refractivity contribution >= 4 is 23.8 Å². The third-order valence-electron chi connectivity index (χ3n) is 3.30. The molecule has 0 aliphatic rings. The summed E-state index contributed by atoms with van der Waals surface area (Å²) >= 11 is 0. The Hall–Kier alpha value is -3.40. The number of hydrogen-bond acceptors (Lipinski definition) is 4. The molecule has 4 heteroatoms. The molecular weight excluding hydrogens is 296 g/mol. The maximum atomic E-state index is 4.22. The lowest BCUT2D eigenvalue weighted by Gasteiger charge is -2.00. The van der Waals surface area contributed by atoms with Crippen molar-refractivity contribution in [3.05, 3.63) is 96.1 Å². The monoisotopic (exact) mass is 314 g/mol. The SMILES string of the molecule is C(=N/Nc1ccccc1)/c1ccc(/C=N\Nc2ccccc2)cc1. The van der Waals surface area contributed by atoms with Gasteiger partial charge in [-0.3, -0.25) is 10.9 Å². The van der Waals surface area contributed by atoms with Crippen molar-refractivity contribution in [2.24, 2.45) is 10.2 Å². The summed E-state index contributed by atoms with van der Waals surface area (Å²) in [7, 11) is 0. The second kappa shape index (κ2) is 8.29. The zero-order valence-corrected chi connectivity index (χ0v) is 13.1. The Balaban J connectivity index is 1.53. The number of anilines is 2. The molecule has 0 heterocycles. The Labute approximate surface area is 141 Å². The van der Waals surface area contributed by atoms with Crippen LogP contribution in [0, 0.1) is 0 Å². The number of hydrogen-bond donors (Lipinski definition) is 2. The normalized spacial score (nSPS) is 11.0. The summed E-state index contributed by atoms with van der Waals surface area (Å²) < 4.78 is 0. The highest BCUT2D eigenvalue weighted by Gasteiger charge is 1.91. The minimum Gasteiger partial charge on any atom is -0.279 e. The second-order valence-electron chi connectivity index (χ2n) is 5.14. The minimum atomic E-state index is 0.962. The Bertz CT molecular complexity index is 724. The fourth-order valence-electron chi connectivity index (χ4n) is 2.06. The summed E-state index contributed by atoms with van der Waals surface area (Å²) in [4.78, 5) is 0. The van der Waals surface area contributed by atoms with E-state index in [-0.39, 0.29) is 0 Å². The van der Waals surface area contributed by atoms with Gasteiger partial charge in [0.25, 0.3) is 0 Å². The lowest BCUT2D eigenvalue weighted by Crippen LogP contribution is -1.92.